The summed E-state index contributed by atoms with van der Waals surface area (Å²) in [6.45, 7) is 2.30. The van der Waals surface area contributed by atoms with Crippen LogP contribution in [0.25, 0.3) is 0 Å². The summed E-state index contributed by atoms with van der Waals surface area (Å²) in [6, 6.07) is -1.02. The molecule has 1 aliphatic heterocycles. The number of ether oxygens (including phenoxy) is 1. The van der Waals surface area contributed by atoms with Crippen molar-refractivity contribution in [1.82, 2.24) is 9.62 Å². The van der Waals surface area contributed by atoms with Crippen LogP contribution in [-0.2, 0) is 24.3 Å². The Morgan fingerprint density at radius 3 is 2.68 bits per heavy atom. The lowest BCUT2D eigenvalue weighted by molar-refractivity contribution is -0.143. The summed E-state index contributed by atoms with van der Waals surface area (Å²) in [7, 11) is -1.88. The van der Waals surface area contributed by atoms with Gasteiger partial charge in [-0.15, -0.1) is 0 Å². The van der Waals surface area contributed by atoms with Gasteiger partial charge in [-0.3, -0.25) is 4.79 Å². The van der Waals surface area contributed by atoms with Crippen LogP contribution in [0.2, 0.25) is 0 Å². The molecule has 1 amide bonds. The zero-order valence-corrected chi connectivity index (χ0v) is 13.8. The molecule has 0 bridgehead atoms. The van der Waals surface area contributed by atoms with E-state index in [1.807, 2.05) is 0 Å². The molecule has 1 heterocycles. The van der Waals surface area contributed by atoms with E-state index in [2.05, 4.69) is 5.32 Å². The zero-order chi connectivity index (χ0) is 16.8. The van der Waals surface area contributed by atoms with E-state index < -0.39 is 33.9 Å². The number of aliphatic carboxylic acids is 1. The van der Waals surface area contributed by atoms with Crippen molar-refractivity contribution < 1.29 is 27.9 Å². The average Bonchev–Trinajstić information content (AvgIpc) is 2.51. The van der Waals surface area contributed by atoms with Gasteiger partial charge in [0.2, 0.25) is 15.9 Å². The molecule has 1 saturated heterocycles. The van der Waals surface area contributed by atoms with Crippen LogP contribution in [0.4, 0.5) is 0 Å². The van der Waals surface area contributed by atoms with Crippen LogP contribution in [0.5, 0.6) is 0 Å². The number of hydrogen-bond acceptors (Lipinski definition) is 5. The topological polar surface area (TPSA) is 113 Å². The van der Waals surface area contributed by atoms with Crippen molar-refractivity contribution in [3.63, 3.8) is 0 Å². The predicted octanol–water partition coefficient (Wildman–Crippen LogP) is -0.346. The molecule has 0 spiro atoms. The van der Waals surface area contributed by atoms with Crippen LogP contribution in [0, 0.1) is 5.92 Å². The van der Waals surface area contributed by atoms with E-state index in [1.165, 1.54) is 11.4 Å². The van der Waals surface area contributed by atoms with Crippen LogP contribution in [0.1, 0.15) is 26.2 Å². The Morgan fingerprint density at radius 1 is 1.45 bits per heavy atom. The average molecular weight is 336 g/mol. The Bertz CT molecular complexity index is 493. The number of carboxylic acids is 1. The highest BCUT2D eigenvalue weighted by molar-refractivity contribution is 7.89. The first-order valence-electron chi connectivity index (χ1n) is 7.31. The van der Waals surface area contributed by atoms with Crippen molar-refractivity contribution in [3.05, 3.63) is 0 Å². The van der Waals surface area contributed by atoms with Crippen molar-refractivity contribution in [2.75, 3.05) is 32.6 Å². The predicted molar refractivity (Wildman–Crippen MR) is 79.8 cm³/mol. The number of carbonyl (C=O) groups is 2. The molecule has 0 aromatic heterocycles. The molecule has 2 atom stereocenters. The summed E-state index contributed by atoms with van der Waals surface area (Å²) in [6.07, 6.45) is 1.31. The van der Waals surface area contributed by atoms with E-state index in [1.54, 1.807) is 6.92 Å². The largest absolute Gasteiger partial charge is 0.480 e. The Labute approximate surface area is 130 Å². The molecule has 0 aromatic rings. The summed E-state index contributed by atoms with van der Waals surface area (Å²) < 4.78 is 29.9. The first kappa shape index (κ1) is 18.9. The Balaban J connectivity index is 2.66. The molecule has 9 heteroatoms. The van der Waals surface area contributed by atoms with Crippen LogP contribution < -0.4 is 5.32 Å². The standard InChI is InChI=1S/C13H24N2O6S/c1-3-22(19,20)15-7-4-5-10(9-15)12(16)14-11(13(17)18)6-8-21-2/h10-11H,3-9H2,1-2H3,(H,14,16)(H,17,18). The number of carboxylic acid groups (broad SMARTS) is 1. The Kier molecular flexibility index (Phi) is 7.24. The van der Waals surface area contributed by atoms with Gasteiger partial charge in [-0.1, -0.05) is 0 Å². The molecule has 1 aliphatic rings. The highest BCUT2D eigenvalue weighted by Gasteiger charge is 2.33. The molecule has 8 nitrogen and oxygen atoms in total. The van der Waals surface area contributed by atoms with E-state index in [-0.39, 0.29) is 25.3 Å². The van der Waals surface area contributed by atoms with Gasteiger partial charge < -0.3 is 15.2 Å². The number of nitrogens with one attached hydrogen (secondary N) is 1. The molecular weight excluding hydrogens is 312 g/mol. The summed E-state index contributed by atoms with van der Waals surface area (Å²) in [5, 5.41) is 11.6. The molecule has 1 rings (SSSR count). The normalized spacial score (nSPS) is 21.3. The zero-order valence-electron chi connectivity index (χ0n) is 12.9. The minimum Gasteiger partial charge on any atom is -0.480 e. The molecule has 128 valence electrons. The number of methoxy groups -OCH3 is 1. The van der Waals surface area contributed by atoms with Gasteiger partial charge in [0, 0.05) is 33.2 Å². The molecule has 1 fully saturated rings. The summed E-state index contributed by atoms with van der Waals surface area (Å²) >= 11 is 0. The lowest BCUT2D eigenvalue weighted by atomic mass is 9.98. The van der Waals surface area contributed by atoms with Gasteiger partial charge in [-0.2, -0.15) is 0 Å². The van der Waals surface area contributed by atoms with E-state index in [0.717, 1.165) is 0 Å². The number of amides is 1. The maximum Gasteiger partial charge on any atom is 0.326 e. The third-order valence-corrected chi connectivity index (χ3v) is 5.59. The second kappa shape index (κ2) is 8.44. The second-order valence-corrected chi connectivity index (χ2v) is 7.54. The molecule has 2 N–H and O–H groups in total. The highest BCUT2D eigenvalue weighted by atomic mass is 32.2. The summed E-state index contributed by atoms with van der Waals surface area (Å²) in [5.41, 5.74) is 0. The van der Waals surface area contributed by atoms with Crippen molar-refractivity contribution in [2.24, 2.45) is 5.92 Å². The van der Waals surface area contributed by atoms with Crippen molar-refractivity contribution in [1.29, 1.82) is 0 Å². The van der Waals surface area contributed by atoms with Gasteiger partial charge in [0.05, 0.1) is 11.7 Å². The third-order valence-electron chi connectivity index (χ3n) is 3.74. The van der Waals surface area contributed by atoms with E-state index in [4.69, 9.17) is 9.84 Å². The molecule has 0 saturated carbocycles. The van der Waals surface area contributed by atoms with Crippen molar-refractivity contribution in [2.45, 2.75) is 32.2 Å². The van der Waals surface area contributed by atoms with Crippen LogP contribution in [-0.4, -0.2) is 68.3 Å². The van der Waals surface area contributed by atoms with Crippen LogP contribution in [0.3, 0.4) is 0 Å². The minimum absolute atomic E-state index is 0.00702. The van der Waals surface area contributed by atoms with Gasteiger partial charge in [-0.25, -0.2) is 17.5 Å². The maximum atomic E-state index is 12.2. The highest BCUT2D eigenvalue weighted by Crippen LogP contribution is 2.20. The van der Waals surface area contributed by atoms with Crippen LogP contribution >= 0.6 is 0 Å². The first-order chi connectivity index (χ1) is 10.3. The number of piperidine rings is 1. The fourth-order valence-electron chi connectivity index (χ4n) is 2.37. The number of nitrogens with zero attached hydrogens (tertiary/aromatic N) is 1. The second-order valence-electron chi connectivity index (χ2n) is 5.28. The SMILES string of the molecule is CCS(=O)(=O)N1CCCC(C(=O)NC(CCOC)C(=O)O)C1. The lowest BCUT2D eigenvalue weighted by Gasteiger charge is -2.31. The number of hydrogen-bond donors (Lipinski definition) is 2. The summed E-state index contributed by atoms with van der Waals surface area (Å²) in [4.78, 5) is 23.3. The van der Waals surface area contributed by atoms with Gasteiger partial charge >= 0.3 is 5.97 Å². The van der Waals surface area contributed by atoms with E-state index >= 15 is 0 Å². The monoisotopic (exact) mass is 336 g/mol. The van der Waals surface area contributed by atoms with E-state index in [0.29, 0.717) is 19.4 Å². The molecular formula is C13H24N2O6S. The van der Waals surface area contributed by atoms with Gasteiger partial charge in [0.1, 0.15) is 6.04 Å². The Hall–Kier alpha value is -1.19. The molecule has 0 aromatic carbocycles. The fourth-order valence-corrected chi connectivity index (χ4v) is 3.55. The fraction of sp³-hybridized carbons (Fsp3) is 0.846. The minimum atomic E-state index is -3.33. The van der Waals surface area contributed by atoms with E-state index in [9.17, 15) is 18.0 Å². The number of carbonyl (C=O) groups excluding carboxylic acids is 1. The van der Waals surface area contributed by atoms with Gasteiger partial charge in [0.25, 0.3) is 0 Å². The number of rotatable bonds is 8. The maximum absolute atomic E-state index is 12.2. The molecule has 22 heavy (non-hydrogen) atoms. The van der Waals surface area contributed by atoms with Gasteiger partial charge in [-0.05, 0) is 19.8 Å². The lowest BCUT2D eigenvalue weighted by Crippen LogP contribution is -2.49. The quantitative estimate of drug-likeness (QED) is 0.627. The molecule has 0 aliphatic carbocycles. The summed E-state index contributed by atoms with van der Waals surface area (Å²) in [5.74, 6) is -2.06. The van der Waals surface area contributed by atoms with Crippen molar-refractivity contribution >= 4 is 21.9 Å². The van der Waals surface area contributed by atoms with Crippen LogP contribution in [0.15, 0.2) is 0 Å². The van der Waals surface area contributed by atoms with Crippen molar-refractivity contribution in [3.8, 4) is 0 Å². The number of sulfonamides is 1. The third kappa shape index (κ3) is 5.22. The smallest absolute Gasteiger partial charge is 0.326 e. The first-order valence-corrected chi connectivity index (χ1v) is 8.92. The Morgan fingerprint density at radius 2 is 2.14 bits per heavy atom. The molecule has 2 unspecified atom stereocenters. The van der Waals surface area contributed by atoms with Gasteiger partial charge in [0.15, 0.2) is 0 Å². The molecule has 0 radical (unpaired) electrons.